The highest BCUT2D eigenvalue weighted by Crippen LogP contribution is 2.28. The number of nitrogens with one attached hydrogen (secondary N) is 2. The van der Waals surface area contributed by atoms with E-state index in [1.165, 1.54) is 12.1 Å². The molecule has 7 heteroatoms. The van der Waals surface area contributed by atoms with Crippen molar-refractivity contribution in [3.05, 3.63) is 59.4 Å². The summed E-state index contributed by atoms with van der Waals surface area (Å²) in [7, 11) is 0. The van der Waals surface area contributed by atoms with Gasteiger partial charge < -0.3 is 15.5 Å². The Morgan fingerprint density at radius 2 is 1.79 bits per heavy atom. The third kappa shape index (κ3) is 5.94. The van der Waals surface area contributed by atoms with Crippen molar-refractivity contribution in [2.75, 3.05) is 29.2 Å². The van der Waals surface area contributed by atoms with Crippen LogP contribution in [-0.4, -0.2) is 30.8 Å². The minimum absolute atomic E-state index is 0.128. The average molecular weight is 418 g/mol. The van der Waals surface area contributed by atoms with E-state index in [0.717, 1.165) is 37.2 Å². The van der Waals surface area contributed by atoms with Crippen molar-refractivity contribution in [1.82, 2.24) is 5.32 Å². The zero-order valence-electron chi connectivity index (χ0n) is 16.2. The molecule has 1 aliphatic rings. The van der Waals surface area contributed by atoms with Gasteiger partial charge in [-0.2, -0.15) is 0 Å². The molecule has 0 aromatic heterocycles. The van der Waals surface area contributed by atoms with Gasteiger partial charge in [-0.3, -0.25) is 9.59 Å². The standard InChI is InChI=1S/C22H25ClFN3O2/c23-11-3-4-21(28)26-18-9-10-20(27-12-1-2-13-27)19(14-18)22(29)25-15-16-5-7-17(24)8-6-16/h5-10,14H,1-4,11-13,15H2,(H,25,29)(H,26,28). The molecule has 0 aliphatic carbocycles. The summed E-state index contributed by atoms with van der Waals surface area (Å²) in [4.78, 5) is 27.1. The normalized spacial score (nSPS) is 13.4. The van der Waals surface area contributed by atoms with Gasteiger partial charge in [0.1, 0.15) is 5.82 Å². The van der Waals surface area contributed by atoms with Gasteiger partial charge in [0.15, 0.2) is 0 Å². The van der Waals surface area contributed by atoms with Crippen molar-refractivity contribution >= 4 is 34.8 Å². The highest BCUT2D eigenvalue weighted by Gasteiger charge is 2.20. The summed E-state index contributed by atoms with van der Waals surface area (Å²) in [6.45, 7) is 2.10. The average Bonchev–Trinajstić information content (AvgIpc) is 3.26. The summed E-state index contributed by atoms with van der Waals surface area (Å²) in [5, 5.41) is 5.73. The first-order valence-corrected chi connectivity index (χ1v) is 10.4. The van der Waals surface area contributed by atoms with Gasteiger partial charge in [0, 0.05) is 43.3 Å². The number of nitrogens with zero attached hydrogens (tertiary/aromatic N) is 1. The van der Waals surface area contributed by atoms with E-state index in [9.17, 15) is 14.0 Å². The van der Waals surface area contributed by atoms with Gasteiger partial charge in [-0.05, 0) is 55.2 Å². The molecule has 0 bridgehead atoms. The van der Waals surface area contributed by atoms with Gasteiger partial charge in [0.2, 0.25) is 5.91 Å². The third-order valence-corrected chi connectivity index (χ3v) is 5.14. The van der Waals surface area contributed by atoms with Crippen molar-refractivity contribution in [3.63, 3.8) is 0 Å². The summed E-state index contributed by atoms with van der Waals surface area (Å²) < 4.78 is 13.1. The van der Waals surface area contributed by atoms with Crippen LogP contribution in [-0.2, 0) is 11.3 Å². The van der Waals surface area contributed by atoms with E-state index < -0.39 is 0 Å². The van der Waals surface area contributed by atoms with Crippen LogP contribution in [0, 0.1) is 5.82 Å². The van der Waals surface area contributed by atoms with Crippen LogP contribution in [0.5, 0.6) is 0 Å². The Hall–Kier alpha value is -2.60. The Bertz CT molecular complexity index is 852. The molecule has 29 heavy (non-hydrogen) atoms. The van der Waals surface area contributed by atoms with Crippen molar-refractivity contribution in [1.29, 1.82) is 0 Å². The lowest BCUT2D eigenvalue weighted by Crippen LogP contribution is -2.27. The molecule has 5 nitrogen and oxygen atoms in total. The number of halogens is 2. The van der Waals surface area contributed by atoms with Crippen LogP contribution >= 0.6 is 11.6 Å². The molecule has 2 aromatic rings. The van der Waals surface area contributed by atoms with Crippen molar-refractivity contribution in [2.24, 2.45) is 0 Å². The Kier molecular flexibility index (Phi) is 7.47. The number of hydrogen-bond acceptors (Lipinski definition) is 3. The summed E-state index contributed by atoms with van der Waals surface area (Å²) in [5.41, 5.74) is 2.77. The number of hydrogen-bond donors (Lipinski definition) is 2. The Morgan fingerprint density at radius 1 is 1.07 bits per heavy atom. The first kappa shape index (κ1) is 21.1. The molecule has 0 unspecified atom stereocenters. The molecule has 0 atom stereocenters. The van der Waals surface area contributed by atoms with Crippen LogP contribution in [0.15, 0.2) is 42.5 Å². The van der Waals surface area contributed by atoms with Crippen LogP contribution in [0.25, 0.3) is 0 Å². The molecule has 0 saturated carbocycles. The van der Waals surface area contributed by atoms with Gasteiger partial charge >= 0.3 is 0 Å². The number of carbonyl (C=O) groups excluding carboxylic acids is 2. The van der Waals surface area contributed by atoms with E-state index in [1.54, 1.807) is 18.2 Å². The van der Waals surface area contributed by atoms with E-state index in [0.29, 0.717) is 36.5 Å². The van der Waals surface area contributed by atoms with E-state index in [2.05, 4.69) is 15.5 Å². The first-order valence-electron chi connectivity index (χ1n) is 9.84. The number of alkyl halides is 1. The lowest BCUT2D eigenvalue weighted by Gasteiger charge is -2.22. The molecule has 1 saturated heterocycles. The fourth-order valence-electron chi connectivity index (χ4n) is 3.36. The summed E-state index contributed by atoms with van der Waals surface area (Å²) in [6, 6.07) is 11.4. The van der Waals surface area contributed by atoms with Crippen LogP contribution in [0.2, 0.25) is 0 Å². The topological polar surface area (TPSA) is 61.4 Å². The highest BCUT2D eigenvalue weighted by molar-refractivity contribution is 6.18. The Labute approximate surface area is 175 Å². The maximum Gasteiger partial charge on any atom is 0.253 e. The zero-order chi connectivity index (χ0) is 20.6. The predicted molar refractivity (Wildman–Crippen MR) is 114 cm³/mol. The minimum atomic E-state index is -0.311. The maximum atomic E-state index is 13.1. The molecule has 0 spiro atoms. The molecular formula is C22H25ClFN3O2. The number of amides is 2. The molecule has 1 heterocycles. The van der Waals surface area contributed by atoms with Crippen molar-refractivity contribution in [3.8, 4) is 0 Å². The molecular weight excluding hydrogens is 393 g/mol. The third-order valence-electron chi connectivity index (χ3n) is 4.88. The Morgan fingerprint density at radius 3 is 2.48 bits per heavy atom. The lowest BCUT2D eigenvalue weighted by molar-refractivity contribution is -0.116. The number of anilines is 2. The second-order valence-corrected chi connectivity index (χ2v) is 7.45. The van der Waals surface area contributed by atoms with E-state index in [4.69, 9.17) is 11.6 Å². The molecule has 2 aromatic carbocycles. The summed E-state index contributed by atoms with van der Waals surface area (Å²) in [5.74, 6) is -0.238. The monoisotopic (exact) mass is 417 g/mol. The molecule has 2 amide bonds. The molecule has 154 valence electrons. The second kappa shape index (κ2) is 10.3. The maximum absolute atomic E-state index is 13.1. The lowest BCUT2D eigenvalue weighted by atomic mass is 10.1. The van der Waals surface area contributed by atoms with E-state index in [1.807, 2.05) is 12.1 Å². The minimum Gasteiger partial charge on any atom is -0.371 e. The van der Waals surface area contributed by atoms with Crippen molar-refractivity contribution in [2.45, 2.75) is 32.2 Å². The van der Waals surface area contributed by atoms with Crippen LogP contribution in [0.3, 0.4) is 0 Å². The van der Waals surface area contributed by atoms with E-state index >= 15 is 0 Å². The van der Waals surface area contributed by atoms with Crippen molar-refractivity contribution < 1.29 is 14.0 Å². The van der Waals surface area contributed by atoms with Gasteiger partial charge in [-0.25, -0.2) is 4.39 Å². The van der Waals surface area contributed by atoms with Gasteiger partial charge in [0.05, 0.1) is 5.56 Å². The SMILES string of the molecule is O=C(CCCCl)Nc1ccc(N2CCCC2)c(C(=O)NCc2ccc(F)cc2)c1. The number of carbonyl (C=O) groups is 2. The quantitative estimate of drug-likeness (QED) is 0.629. The van der Waals surface area contributed by atoms with Gasteiger partial charge in [0.25, 0.3) is 5.91 Å². The van der Waals surface area contributed by atoms with Crippen LogP contribution in [0.1, 0.15) is 41.6 Å². The fraction of sp³-hybridized carbons (Fsp3) is 0.364. The summed E-state index contributed by atoms with van der Waals surface area (Å²) >= 11 is 5.64. The number of benzene rings is 2. The molecule has 0 radical (unpaired) electrons. The van der Waals surface area contributed by atoms with Crippen LogP contribution in [0.4, 0.5) is 15.8 Å². The first-order chi connectivity index (χ1) is 14.1. The molecule has 3 rings (SSSR count). The van der Waals surface area contributed by atoms with E-state index in [-0.39, 0.29) is 17.6 Å². The molecule has 2 N–H and O–H groups in total. The largest absolute Gasteiger partial charge is 0.371 e. The van der Waals surface area contributed by atoms with Gasteiger partial charge in [-0.15, -0.1) is 11.6 Å². The summed E-state index contributed by atoms with van der Waals surface area (Å²) in [6.07, 6.45) is 3.12. The second-order valence-electron chi connectivity index (χ2n) is 7.08. The Balaban J connectivity index is 1.76. The highest BCUT2D eigenvalue weighted by atomic mass is 35.5. The smallest absolute Gasteiger partial charge is 0.253 e. The zero-order valence-corrected chi connectivity index (χ0v) is 17.0. The number of rotatable bonds is 8. The predicted octanol–water partition coefficient (Wildman–Crippen LogP) is 4.31. The molecule has 1 fully saturated rings. The van der Waals surface area contributed by atoms with Crippen LogP contribution < -0.4 is 15.5 Å². The fourth-order valence-corrected chi connectivity index (χ4v) is 3.49. The van der Waals surface area contributed by atoms with Gasteiger partial charge in [-0.1, -0.05) is 12.1 Å². The molecule has 1 aliphatic heterocycles.